The first-order valence-electron chi connectivity index (χ1n) is 7.97. The summed E-state index contributed by atoms with van der Waals surface area (Å²) in [4.78, 5) is 0. The minimum absolute atomic E-state index is 0.293. The minimum atomic E-state index is -0.497. The molecule has 3 N–H and O–H groups in total. The molecule has 23 heavy (non-hydrogen) atoms. The van der Waals surface area contributed by atoms with Crippen molar-refractivity contribution in [2.75, 3.05) is 26.9 Å². The van der Waals surface area contributed by atoms with E-state index >= 15 is 0 Å². The summed E-state index contributed by atoms with van der Waals surface area (Å²) in [5, 5.41) is 12.0. The average Bonchev–Trinajstić information content (AvgIpc) is 2.59. The highest BCUT2D eigenvalue weighted by molar-refractivity contribution is 5.63. The molecule has 0 radical (unpaired) electrons. The van der Waals surface area contributed by atoms with Crippen LogP contribution in [0.3, 0.4) is 0 Å². The molecule has 0 spiro atoms. The lowest BCUT2D eigenvalue weighted by Gasteiger charge is -2.14. The largest absolute Gasteiger partial charge is 0.491 e. The lowest BCUT2D eigenvalue weighted by molar-refractivity contribution is -0.693. The molecule has 2 aromatic rings. The fourth-order valence-electron chi connectivity index (χ4n) is 2.35. The van der Waals surface area contributed by atoms with E-state index in [9.17, 15) is 5.11 Å². The van der Waals surface area contributed by atoms with Crippen molar-refractivity contribution in [2.24, 2.45) is 0 Å². The van der Waals surface area contributed by atoms with Crippen molar-refractivity contribution in [2.45, 2.75) is 19.1 Å². The van der Waals surface area contributed by atoms with Gasteiger partial charge in [-0.1, -0.05) is 42.5 Å². The van der Waals surface area contributed by atoms with Gasteiger partial charge in [-0.15, -0.1) is 0 Å². The molecule has 2 atom stereocenters. The van der Waals surface area contributed by atoms with Crippen LogP contribution in [0, 0.1) is 0 Å². The van der Waals surface area contributed by atoms with Gasteiger partial charge >= 0.3 is 0 Å². The zero-order valence-electron chi connectivity index (χ0n) is 13.8. The van der Waals surface area contributed by atoms with Crippen LogP contribution in [-0.2, 0) is 4.74 Å². The Kier molecular flexibility index (Phi) is 7.07. The van der Waals surface area contributed by atoms with Crippen molar-refractivity contribution in [3.05, 3.63) is 54.6 Å². The zero-order chi connectivity index (χ0) is 16.5. The van der Waals surface area contributed by atoms with Gasteiger partial charge in [-0.3, -0.25) is 0 Å². The van der Waals surface area contributed by atoms with Gasteiger partial charge in [-0.2, -0.15) is 0 Å². The van der Waals surface area contributed by atoms with E-state index in [1.54, 1.807) is 7.11 Å². The Bertz CT molecular complexity index is 557. The van der Waals surface area contributed by atoms with Crippen molar-refractivity contribution in [1.29, 1.82) is 0 Å². The fraction of sp³-hybridized carbons (Fsp3) is 0.368. The fourth-order valence-corrected chi connectivity index (χ4v) is 2.35. The molecule has 4 heteroatoms. The minimum Gasteiger partial charge on any atom is -0.491 e. The standard InChI is InChI=1S/C19H25NO3/c1-15(13-22-2)20-12-18(21)14-23-19-10-8-17(9-11-19)16-6-4-3-5-7-16/h3-11,15,18,20-21H,12-14H2,1-2H3/p+1/t15-,18+/m1/s1. The van der Waals surface area contributed by atoms with Crippen LogP contribution in [0.2, 0.25) is 0 Å². The number of quaternary nitrogens is 1. The van der Waals surface area contributed by atoms with Gasteiger partial charge in [0, 0.05) is 7.11 Å². The number of nitrogens with two attached hydrogens (primary N) is 1. The lowest BCUT2D eigenvalue weighted by atomic mass is 10.1. The average molecular weight is 316 g/mol. The van der Waals surface area contributed by atoms with Crippen molar-refractivity contribution >= 4 is 0 Å². The van der Waals surface area contributed by atoms with E-state index in [1.807, 2.05) is 42.5 Å². The number of hydrogen-bond donors (Lipinski definition) is 2. The Hall–Kier alpha value is -1.88. The van der Waals surface area contributed by atoms with Crippen LogP contribution >= 0.6 is 0 Å². The molecule has 0 bridgehead atoms. The molecule has 0 aliphatic carbocycles. The Morgan fingerprint density at radius 3 is 2.26 bits per heavy atom. The van der Waals surface area contributed by atoms with Crippen LogP contribution in [0.5, 0.6) is 5.75 Å². The van der Waals surface area contributed by atoms with Crippen molar-refractivity contribution in [3.63, 3.8) is 0 Å². The molecule has 0 saturated heterocycles. The first-order valence-corrected chi connectivity index (χ1v) is 7.97. The molecule has 0 aromatic heterocycles. The van der Waals surface area contributed by atoms with Gasteiger partial charge in [0.2, 0.25) is 0 Å². The third kappa shape index (κ3) is 6.02. The molecule has 2 aromatic carbocycles. The van der Waals surface area contributed by atoms with Crippen molar-refractivity contribution in [3.8, 4) is 16.9 Å². The monoisotopic (exact) mass is 316 g/mol. The maximum atomic E-state index is 9.96. The quantitative estimate of drug-likeness (QED) is 0.740. The van der Waals surface area contributed by atoms with Crippen molar-refractivity contribution < 1.29 is 19.9 Å². The Balaban J connectivity index is 1.78. The summed E-state index contributed by atoms with van der Waals surface area (Å²) in [5.74, 6) is 0.772. The van der Waals surface area contributed by atoms with E-state index in [2.05, 4.69) is 24.4 Å². The highest BCUT2D eigenvalue weighted by Crippen LogP contribution is 2.21. The summed E-state index contributed by atoms with van der Waals surface area (Å²) in [6.45, 7) is 3.64. The predicted octanol–water partition coefficient (Wildman–Crippen LogP) is 1.69. The van der Waals surface area contributed by atoms with E-state index in [1.165, 1.54) is 5.56 Å². The molecule has 0 heterocycles. The van der Waals surface area contributed by atoms with Crippen LogP contribution in [0.25, 0.3) is 11.1 Å². The molecule has 2 rings (SSSR count). The molecule has 0 aliphatic heterocycles. The third-order valence-corrected chi connectivity index (χ3v) is 3.64. The number of methoxy groups -OCH3 is 1. The summed E-state index contributed by atoms with van der Waals surface area (Å²) in [6.07, 6.45) is -0.497. The van der Waals surface area contributed by atoms with Gasteiger partial charge in [0.05, 0.1) is 6.61 Å². The number of hydrogen-bond acceptors (Lipinski definition) is 3. The lowest BCUT2D eigenvalue weighted by Crippen LogP contribution is -2.92. The zero-order valence-corrected chi connectivity index (χ0v) is 13.8. The number of benzene rings is 2. The highest BCUT2D eigenvalue weighted by atomic mass is 16.5. The van der Waals surface area contributed by atoms with E-state index in [4.69, 9.17) is 9.47 Å². The molecule has 0 amide bonds. The van der Waals surface area contributed by atoms with Crippen molar-refractivity contribution in [1.82, 2.24) is 0 Å². The summed E-state index contributed by atoms with van der Waals surface area (Å²) in [7, 11) is 1.68. The summed E-state index contributed by atoms with van der Waals surface area (Å²) < 4.78 is 10.7. The molecule has 0 unspecified atom stereocenters. The second-order valence-corrected chi connectivity index (χ2v) is 5.76. The molecular formula is C19H26NO3+. The van der Waals surface area contributed by atoms with Gasteiger partial charge in [0.1, 0.15) is 31.0 Å². The number of rotatable bonds is 9. The first-order chi connectivity index (χ1) is 11.2. The second kappa shape index (κ2) is 9.30. The molecule has 124 valence electrons. The predicted molar refractivity (Wildman–Crippen MR) is 91.5 cm³/mol. The Morgan fingerprint density at radius 2 is 1.61 bits per heavy atom. The summed E-state index contributed by atoms with van der Waals surface area (Å²) >= 11 is 0. The van der Waals surface area contributed by atoms with Crippen LogP contribution in [-0.4, -0.2) is 44.1 Å². The highest BCUT2D eigenvalue weighted by Gasteiger charge is 2.11. The van der Waals surface area contributed by atoms with E-state index < -0.39 is 6.10 Å². The van der Waals surface area contributed by atoms with Crippen LogP contribution < -0.4 is 10.1 Å². The topological polar surface area (TPSA) is 55.3 Å². The molecular weight excluding hydrogens is 290 g/mol. The van der Waals surface area contributed by atoms with Crippen LogP contribution in [0.4, 0.5) is 0 Å². The molecule has 0 saturated carbocycles. The van der Waals surface area contributed by atoms with Crippen LogP contribution in [0.15, 0.2) is 54.6 Å². The van der Waals surface area contributed by atoms with E-state index in [0.29, 0.717) is 25.8 Å². The maximum Gasteiger partial charge on any atom is 0.137 e. The second-order valence-electron chi connectivity index (χ2n) is 5.76. The van der Waals surface area contributed by atoms with Crippen LogP contribution in [0.1, 0.15) is 6.92 Å². The first kappa shape index (κ1) is 17.5. The maximum absolute atomic E-state index is 9.96. The SMILES string of the molecule is COC[C@@H](C)[NH2+]C[C@H](O)COc1ccc(-c2ccccc2)cc1. The summed E-state index contributed by atoms with van der Waals surface area (Å²) in [6, 6.07) is 18.5. The van der Waals surface area contributed by atoms with Gasteiger partial charge in [0.15, 0.2) is 0 Å². The molecule has 4 nitrogen and oxygen atoms in total. The van der Waals surface area contributed by atoms with Gasteiger partial charge in [0.25, 0.3) is 0 Å². The summed E-state index contributed by atoms with van der Waals surface area (Å²) in [5.41, 5.74) is 2.33. The smallest absolute Gasteiger partial charge is 0.137 e. The Morgan fingerprint density at radius 1 is 0.957 bits per heavy atom. The van der Waals surface area contributed by atoms with Gasteiger partial charge in [-0.25, -0.2) is 0 Å². The Labute approximate surface area is 138 Å². The number of ether oxygens (including phenoxy) is 2. The normalized spacial score (nSPS) is 13.5. The molecule has 0 aliphatic rings. The van der Waals surface area contributed by atoms with Gasteiger partial charge < -0.3 is 19.9 Å². The van der Waals surface area contributed by atoms with E-state index in [0.717, 1.165) is 11.3 Å². The van der Waals surface area contributed by atoms with E-state index in [-0.39, 0.29) is 0 Å². The number of aliphatic hydroxyl groups is 1. The third-order valence-electron chi connectivity index (χ3n) is 3.64. The number of aliphatic hydroxyl groups excluding tert-OH is 1. The molecule has 0 fully saturated rings. The van der Waals surface area contributed by atoms with Gasteiger partial charge in [-0.05, 0) is 30.2 Å².